The van der Waals surface area contributed by atoms with Crippen molar-refractivity contribution in [2.75, 3.05) is 96.4 Å². The Bertz CT molecular complexity index is 1470. The van der Waals surface area contributed by atoms with Crippen LogP contribution in [0.3, 0.4) is 0 Å². The van der Waals surface area contributed by atoms with Gasteiger partial charge in [-0.1, -0.05) is 53.6 Å². The fourth-order valence-electron chi connectivity index (χ4n) is 5.09. The summed E-state index contributed by atoms with van der Waals surface area (Å²) in [5.74, 6) is -1.30. The molecule has 1 rings (SSSR count). The fourth-order valence-corrected chi connectivity index (χ4v) is 8.15. The summed E-state index contributed by atoms with van der Waals surface area (Å²) >= 11 is 3.68. The molecule has 0 saturated carbocycles. The van der Waals surface area contributed by atoms with Gasteiger partial charge in [0.1, 0.15) is 25.7 Å². The van der Waals surface area contributed by atoms with Gasteiger partial charge in [-0.15, -0.1) is 0 Å². The molecule has 0 spiro atoms. The average Bonchev–Trinajstić information content (AvgIpc) is 3.30. The Balaban J connectivity index is 3.23. The van der Waals surface area contributed by atoms with Gasteiger partial charge in [-0.3, -0.25) is 28.8 Å². The van der Waals surface area contributed by atoms with Crippen LogP contribution >= 0.6 is 47.0 Å². The van der Waals surface area contributed by atoms with Crippen LogP contribution in [0.25, 0.3) is 0 Å². The molecule has 19 nitrogen and oxygen atoms in total. The quantitative estimate of drug-likeness (QED) is 0.0301. The minimum Gasteiger partial charge on any atom is -0.463 e. The number of ether oxygens (including phenoxy) is 5. The molecule has 344 valence electrons. The van der Waals surface area contributed by atoms with Crippen molar-refractivity contribution in [1.82, 2.24) is 19.8 Å². The first-order valence-corrected chi connectivity index (χ1v) is 23.5. The van der Waals surface area contributed by atoms with Crippen molar-refractivity contribution in [1.29, 1.82) is 0 Å². The number of aldehydes is 1. The van der Waals surface area contributed by atoms with Crippen LogP contribution in [0.15, 0.2) is 12.7 Å². The first-order valence-electron chi connectivity index (χ1n) is 19.6. The van der Waals surface area contributed by atoms with Crippen molar-refractivity contribution < 1.29 is 71.6 Å². The van der Waals surface area contributed by atoms with Gasteiger partial charge in [0, 0.05) is 88.5 Å². The highest BCUT2D eigenvalue weighted by Gasteiger charge is 2.41. The van der Waals surface area contributed by atoms with Crippen LogP contribution in [0.4, 0.5) is 9.59 Å². The molecule has 1 atom stereocenters. The van der Waals surface area contributed by atoms with E-state index in [-0.39, 0.29) is 148 Å². The van der Waals surface area contributed by atoms with Gasteiger partial charge in [-0.2, -0.15) is 0 Å². The molecule has 4 amide bonds. The Hall–Kier alpha value is -3.64. The van der Waals surface area contributed by atoms with E-state index < -0.39 is 36.1 Å². The number of rotatable bonds is 33. The molecule has 1 unspecified atom stereocenters. The number of nitrogens with zero attached hydrogens (tertiary/aromatic N) is 4. The second-order valence-electron chi connectivity index (χ2n) is 12.7. The lowest BCUT2D eigenvalue weighted by atomic mass is 10.2. The first kappa shape index (κ1) is 55.4. The topological polar surface area (TPSA) is 230 Å². The number of carbonyl (C=O) groups excluding carboxylic acids is 10. The van der Waals surface area contributed by atoms with Gasteiger partial charge in [0.15, 0.2) is 20.5 Å². The van der Waals surface area contributed by atoms with E-state index in [0.717, 1.165) is 53.1 Å². The minimum absolute atomic E-state index is 0.00299. The van der Waals surface area contributed by atoms with Gasteiger partial charge in [-0.25, -0.2) is 24.4 Å². The van der Waals surface area contributed by atoms with E-state index in [2.05, 4.69) is 6.58 Å². The number of hydrazine groups is 1. The highest BCUT2D eigenvalue weighted by molar-refractivity contribution is 8.14. The summed E-state index contributed by atoms with van der Waals surface area (Å²) in [6.45, 7) is 5.42. The van der Waals surface area contributed by atoms with Crippen LogP contribution in [-0.2, 0) is 62.0 Å². The monoisotopic (exact) mass is 938 g/mol. The average molecular weight is 939 g/mol. The molecule has 0 bridgehead atoms. The molecule has 0 aromatic rings. The number of urea groups is 2. The number of hydrogen-bond acceptors (Lipinski definition) is 19. The second kappa shape index (κ2) is 33.9. The van der Waals surface area contributed by atoms with Crippen LogP contribution in [-0.4, -0.2) is 179 Å². The highest BCUT2D eigenvalue weighted by Crippen LogP contribution is 2.24. The molecule has 0 N–H and O–H groups in total. The molecule has 0 radical (unpaired) electrons. The number of hydrogen-bond donors (Lipinski definition) is 0. The van der Waals surface area contributed by atoms with Crippen molar-refractivity contribution >= 4 is 104 Å². The summed E-state index contributed by atoms with van der Waals surface area (Å²) in [6.07, 6.45) is 1.44. The smallest absolute Gasteiger partial charge is 0.340 e. The van der Waals surface area contributed by atoms with Gasteiger partial charge in [0.05, 0.1) is 45.8 Å². The van der Waals surface area contributed by atoms with Crippen molar-refractivity contribution in [2.45, 2.75) is 70.9 Å². The molecular weight excluding hydrogens is 881 g/mol. The lowest BCUT2D eigenvalue weighted by Crippen LogP contribution is -2.54. The largest absolute Gasteiger partial charge is 0.463 e. The molecule has 0 aromatic heterocycles. The maximum atomic E-state index is 14.4. The Morgan fingerprint density at radius 2 is 1.00 bits per heavy atom. The number of thioether (sulfide) groups is 4. The summed E-state index contributed by atoms with van der Waals surface area (Å²) in [5.41, 5.74) is 0. The van der Waals surface area contributed by atoms with E-state index in [1.54, 1.807) is 6.92 Å². The van der Waals surface area contributed by atoms with Gasteiger partial charge in [-0.05, 0) is 19.8 Å². The minimum atomic E-state index is -0.880. The molecule has 1 saturated heterocycles. The standard InChI is InChI=1S/C38H58N4O15S4/c1-5-30(44)55-20-7-6-9-33(47)58-25-15-39-29(2)40(16-26-59-35(49)13-11-31(45)56-23-21-53-3)38(52)42(41(37(39)51)17-27-60-34(48)10-8-19-43)18-28-61-36(50)14-12-32(46)57-24-22-54-4/h5,19,29H,1,6-18,20-28H2,2-4H3. The van der Waals surface area contributed by atoms with Crippen LogP contribution in [0.5, 0.6) is 0 Å². The van der Waals surface area contributed by atoms with E-state index in [0.29, 0.717) is 19.1 Å². The maximum Gasteiger partial charge on any atom is 0.340 e. The predicted molar refractivity (Wildman–Crippen MR) is 231 cm³/mol. The lowest BCUT2D eigenvalue weighted by molar-refractivity contribution is -0.146. The zero-order valence-electron chi connectivity index (χ0n) is 35.0. The molecule has 1 aliphatic heterocycles. The summed E-state index contributed by atoms with van der Waals surface area (Å²) < 4.78 is 24.6. The van der Waals surface area contributed by atoms with Gasteiger partial charge >= 0.3 is 30.0 Å². The number of unbranched alkanes of at least 4 members (excludes halogenated alkanes) is 1. The van der Waals surface area contributed by atoms with Crippen molar-refractivity contribution in [2.24, 2.45) is 0 Å². The van der Waals surface area contributed by atoms with E-state index in [4.69, 9.17) is 23.7 Å². The fraction of sp³-hybridized carbons (Fsp3) is 0.684. The van der Waals surface area contributed by atoms with Crippen molar-refractivity contribution in [3.8, 4) is 0 Å². The van der Waals surface area contributed by atoms with E-state index in [1.165, 1.54) is 34.0 Å². The van der Waals surface area contributed by atoms with Gasteiger partial charge < -0.3 is 38.3 Å². The normalized spacial score (nSPS) is 14.0. The molecule has 1 heterocycles. The van der Waals surface area contributed by atoms with Crippen LogP contribution in [0.1, 0.15) is 64.7 Å². The first-order chi connectivity index (χ1) is 29.3. The third-order valence-corrected chi connectivity index (χ3v) is 11.9. The molecule has 1 fully saturated rings. The lowest BCUT2D eigenvalue weighted by Gasteiger charge is -2.34. The van der Waals surface area contributed by atoms with Crippen LogP contribution < -0.4 is 0 Å². The van der Waals surface area contributed by atoms with Crippen molar-refractivity contribution in [3.05, 3.63) is 12.7 Å². The highest BCUT2D eigenvalue weighted by atomic mass is 32.2. The van der Waals surface area contributed by atoms with E-state index in [9.17, 15) is 47.9 Å². The molecule has 1 aliphatic rings. The molecule has 0 aromatic carbocycles. The third kappa shape index (κ3) is 24.6. The Morgan fingerprint density at radius 3 is 1.43 bits per heavy atom. The Kier molecular flexibility index (Phi) is 30.8. The zero-order chi connectivity index (χ0) is 45.4. The summed E-state index contributed by atoms with van der Waals surface area (Å²) in [4.78, 5) is 128. The number of methoxy groups -OCH3 is 2. The maximum absolute atomic E-state index is 14.4. The SMILES string of the molecule is C=CC(=O)OCCCCC(=O)SCCN1C(=O)N(CCSC(=O)CCC=O)N(CCSC(=O)CCC(=O)OCCOC)C(=O)N(CCSC(=O)CCC(=O)OCCOC)C1C. The Labute approximate surface area is 373 Å². The summed E-state index contributed by atoms with van der Waals surface area (Å²) in [7, 11) is 2.92. The van der Waals surface area contributed by atoms with E-state index >= 15 is 0 Å². The predicted octanol–water partition coefficient (Wildman–Crippen LogP) is 3.57. The van der Waals surface area contributed by atoms with E-state index in [1.807, 2.05) is 0 Å². The van der Waals surface area contributed by atoms with Gasteiger partial charge in [0.25, 0.3) is 0 Å². The summed E-state index contributed by atoms with van der Waals surface area (Å²) in [6, 6.07) is -1.22. The number of amides is 4. The summed E-state index contributed by atoms with van der Waals surface area (Å²) in [5, 5.41) is 1.30. The molecule has 61 heavy (non-hydrogen) atoms. The molecule has 23 heteroatoms. The molecule has 0 aliphatic carbocycles. The zero-order valence-corrected chi connectivity index (χ0v) is 38.3. The van der Waals surface area contributed by atoms with Crippen molar-refractivity contribution in [3.63, 3.8) is 0 Å². The Morgan fingerprint density at radius 1 is 0.574 bits per heavy atom. The molecular formula is C38H58N4O15S4. The van der Waals surface area contributed by atoms with Crippen LogP contribution in [0, 0.1) is 0 Å². The van der Waals surface area contributed by atoms with Gasteiger partial charge in [0.2, 0.25) is 0 Å². The number of carbonyl (C=O) groups is 10. The second-order valence-corrected chi connectivity index (χ2v) is 17.3. The third-order valence-electron chi connectivity index (χ3n) is 8.27. The number of esters is 3. The van der Waals surface area contributed by atoms with Crippen LogP contribution in [0.2, 0.25) is 0 Å².